The third kappa shape index (κ3) is 3.59. The fourth-order valence-electron chi connectivity index (χ4n) is 2.57. The Labute approximate surface area is 111 Å². The second-order valence-electron chi connectivity index (χ2n) is 5.70. The number of rotatable bonds is 5. The highest BCUT2D eigenvalue weighted by Gasteiger charge is 2.20. The van der Waals surface area contributed by atoms with Gasteiger partial charge in [-0.1, -0.05) is 6.42 Å². The van der Waals surface area contributed by atoms with Gasteiger partial charge in [-0.15, -0.1) is 0 Å². The van der Waals surface area contributed by atoms with E-state index < -0.39 is 0 Å². The lowest BCUT2D eigenvalue weighted by molar-refractivity contribution is 0.165. The van der Waals surface area contributed by atoms with Gasteiger partial charge in [-0.2, -0.15) is 0 Å². The maximum Gasteiger partial charge on any atom is 0.120 e. The average Bonchev–Trinajstić information content (AvgIpc) is 2.75. The number of nitrogens with one attached hydrogen (secondary N) is 1. The second kappa shape index (κ2) is 6.39. The number of furan rings is 1. The smallest absolute Gasteiger partial charge is 0.120 e. The first-order chi connectivity index (χ1) is 8.66. The van der Waals surface area contributed by atoms with Gasteiger partial charge < -0.3 is 9.73 Å². The van der Waals surface area contributed by atoms with Gasteiger partial charge in [-0.25, -0.2) is 0 Å². The summed E-state index contributed by atoms with van der Waals surface area (Å²) in [7, 11) is 0. The minimum Gasteiger partial charge on any atom is -0.468 e. The van der Waals surface area contributed by atoms with Crippen LogP contribution in [0.4, 0.5) is 0 Å². The Bertz CT molecular complexity index is 353. The topological polar surface area (TPSA) is 28.4 Å². The van der Waals surface area contributed by atoms with E-state index in [9.17, 15) is 0 Å². The molecule has 1 fully saturated rings. The van der Waals surface area contributed by atoms with Crippen LogP contribution in [0.15, 0.2) is 16.7 Å². The van der Waals surface area contributed by atoms with Gasteiger partial charge in [0.05, 0.1) is 12.8 Å². The molecule has 1 aliphatic rings. The SMILES string of the molecule is Cc1ccoc1CN(CC1CCCCN1)C(C)C. The Kier molecular flexibility index (Phi) is 4.84. The van der Waals surface area contributed by atoms with Crippen molar-refractivity contribution >= 4 is 0 Å². The average molecular weight is 250 g/mol. The molecule has 1 aliphatic heterocycles. The van der Waals surface area contributed by atoms with Gasteiger partial charge in [0.15, 0.2) is 0 Å². The van der Waals surface area contributed by atoms with E-state index in [-0.39, 0.29) is 0 Å². The van der Waals surface area contributed by atoms with Crippen molar-refractivity contribution in [2.24, 2.45) is 0 Å². The van der Waals surface area contributed by atoms with Crippen molar-refractivity contribution in [3.8, 4) is 0 Å². The van der Waals surface area contributed by atoms with Crippen LogP contribution < -0.4 is 5.32 Å². The summed E-state index contributed by atoms with van der Waals surface area (Å²) in [5.74, 6) is 1.11. The fraction of sp³-hybridized carbons (Fsp3) is 0.733. The molecular weight excluding hydrogens is 224 g/mol. The van der Waals surface area contributed by atoms with Gasteiger partial charge in [0.2, 0.25) is 0 Å². The fourth-order valence-corrected chi connectivity index (χ4v) is 2.57. The monoisotopic (exact) mass is 250 g/mol. The molecule has 2 heterocycles. The highest BCUT2D eigenvalue weighted by Crippen LogP contribution is 2.16. The van der Waals surface area contributed by atoms with Crippen molar-refractivity contribution in [1.29, 1.82) is 0 Å². The molecular formula is C15H26N2O. The standard InChI is InChI=1S/C15H26N2O/c1-12(2)17(10-14-6-4-5-8-16-14)11-15-13(3)7-9-18-15/h7,9,12,14,16H,4-6,8,10-11H2,1-3H3. The largest absolute Gasteiger partial charge is 0.468 e. The van der Waals surface area contributed by atoms with Crippen molar-refractivity contribution in [3.63, 3.8) is 0 Å². The molecule has 0 bridgehead atoms. The van der Waals surface area contributed by atoms with Crippen molar-refractivity contribution in [2.45, 2.75) is 58.7 Å². The van der Waals surface area contributed by atoms with Crippen LogP contribution in [0.1, 0.15) is 44.4 Å². The molecule has 18 heavy (non-hydrogen) atoms. The van der Waals surface area contributed by atoms with Crippen LogP contribution in [0.25, 0.3) is 0 Å². The van der Waals surface area contributed by atoms with Gasteiger partial charge in [-0.05, 0) is 51.8 Å². The molecule has 0 aromatic carbocycles. The lowest BCUT2D eigenvalue weighted by atomic mass is 10.0. The first-order valence-electron chi connectivity index (χ1n) is 7.17. The molecule has 1 unspecified atom stereocenters. The van der Waals surface area contributed by atoms with Crippen LogP contribution in [-0.4, -0.2) is 30.1 Å². The van der Waals surface area contributed by atoms with E-state index in [0.29, 0.717) is 12.1 Å². The van der Waals surface area contributed by atoms with E-state index >= 15 is 0 Å². The minimum absolute atomic E-state index is 0.554. The highest BCUT2D eigenvalue weighted by molar-refractivity contribution is 5.14. The zero-order valence-corrected chi connectivity index (χ0v) is 11.9. The molecule has 1 saturated heterocycles. The van der Waals surface area contributed by atoms with E-state index in [0.717, 1.165) is 18.8 Å². The summed E-state index contributed by atoms with van der Waals surface area (Å²) in [6.07, 6.45) is 5.79. The van der Waals surface area contributed by atoms with Crippen molar-refractivity contribution in [1.82, 2.24) is 10.2 Å². The first-order valence-corrected chi connectivity index (χ1v) is 7.17. The molecule has 102 valence electrons. The molecule has 1 atom stereocenters. The number of aryl methyl sites for hydroxylation is 1. The summed E-state index contributed by atoms with van der Waals surface area (Å²) >= 11 is 0. The van der Waals surface area contributed by atoms with Crippen LogP contribution in [-0.2, 0) is 6.54 Å². The van der Waals surface area contributed by atoms with Crippen LogP contribution >= 0.6 is 0 Å². The molecule has 0 saturated carbocycles. The number of hydrogen-bond acceptors (Lipinski definition) is 3. The lowest BCUT2D eigenvalue weighted by Crippen LogP contribution is -2.45. The summed E-state index contributed by atoms with van der Waals surface area (Å²) in [6.45, 7) is 9.88. The third-order valence-electron chi connectivity index (χ3n) is 3.91. The summed E-state index contributed by atoms with van der Waals surface area (Å²) < 4.78 is 5.57. The summed E-state index contributed by atoms with van der Waals surface area (Å²) in [4.78, 5) is 2.51. The molecule has 1 aromatic heterocycles. The van der Waals surface area contributed by atoms with Gasteiger partial charge in [0.1, 0.15) is 5.76 Å². The Morgan fingerprint density at radius 2 is 2.28 bits per heavy atom. The van der Waals surface area contributed by atoms with Crippen molar-refractivity contribution in [3.05, 3.63) is 23.7 Å². The van der Waals surface area contributed by atoms with Crippen LogP contribution in [0, 0.1) is 6.92 Å². The predicted molar refractivity (Wildman–Crippen MR) is 74.6 cm³/mol. The highest BCUT2D eigenvalue weighted by atomic mass is 16.3. The van der Waals surface area contributed by atoms with Crippen molar-refractivity contribution < 1.29 is 4.42 Å². The zero-order valence-electron chi connectivity index (χ0n) is 11.9. The Hall–Kier alpha value is -0.800. The van der Waals surface area contributed by atoms with Gasteiger partial charge in [0, 0.05) is 18.6 Å². The molecule has 3 nitrogen and oxygen atoms in total. The molecule has 2 rings (SSSR count). The van der Waals surface area contributed by atoms with E-state index in [1.165, 1.54) is 31.4 Å². The Morgan fingerprint density at radius 3 is 2.83 bits per heavy atom. The maximum absolute atomic E-state index is 5.57. The van der Waals surface area contributed by atoms with Crippen LogP contribution in [0.3, 0.4) is 0 Å². The predicted octanol–water partition coefficient (Wildman–Crippen LogP) is 2.94. The minimum atomic E-state index is 0.554. The van der Waals surface area contributed by atoms with Crippen LogP contribution in [0.5, 0.6) is 0 Å². The van der Waals surface area contributed by atoms with E-state index in [2.05, 4.69) is 31.0 Å². The van der Waals surface area contributed by atoms with Gasteiger partial charge in [-0.3, -0.25) is 4.90 Å². The van der Waals surface area contributed by atoms with Crippen molar-refractivity contribution in [2.75, 3.05) is 13.1 Å². The van der Waals surface area contributed by atoms with E-state index in [1.54, 1.807) is 6.26 Å². The van der Waals surface area contributed by atoms with Gasteiger partial charge >= 0.3 is 0 Å². The molecule has 1 N–H and O–H groups in total. The lowest BCUT2D eigenvalue weighted by Gasteiger charge is -2.32. The molecule has 0 amide bonds. The van der Waals surface area contributed by atoms with E-state index in [1.807, 2.05) is 6.07 Å². The molecule has 0 spiro atoms. The first kappa shape index (κ1) is 13.6. The Balaban J connectivity index is 1.93. The summed E-state index contributed by atoms with van der Waals surface area (Å²) in [5, 5.41) is 3.63. The maximum atomic E-state index is 5.57. The summed E-state index contributed by atoms with van der Waals surface area (Å²) in [6, 6.07) is 3.25. The number of hydrogen-bond donors (Lipinski definition) is 1. The molecule has 3 heteroatoms. The quantitative estimate of drug-likeness (QED) is 0.871. The normalized spacial score (nSPS) is 20.8. The Morgan fingerprint density at radius 1 is 1.44 bits per heavy atom. The summed E-state index contributed by atoms with van der Waals surface area (Å²) in [5.41, 5.74) is 1.26. The second-order valence-corrected chi connectivity index (χ2v) is 5.70. The zero-order chi connectivity index (χ0) is 13.0. The molecule has 0 aliphatic carbocycles. The molecule has 0 radical (unpaired) electrons. The van der Waals surface area contributed by atoms with Crippen LogP contribution in [0.2, 0.25) is 0 Å². The number of nitrogens with zero attached hydrogens (tertiary/aromatic N) is 1. The van der Waals surface area contributed by atoms with Gasteiger partial charge in [0.25, 0.3) is 0 Å². The van der Waals surface area contributed by atoms with E-state index in [4.69, 9.17) is 4.42 Å². The molecule has 1 aromatic rings. The third-order valence-corrected chi connectivity index (χ3v) is 3.91. The number of piperidine rings is 1.